The lowest BCUT2D eigenvalue weighted by Gasteiger charge is -2.51. The predicted octanol–water partition coefficient (Wildman–Crippen LogP) is -2.56. The van der Waals surface area contributed by atoms with E-state index in [1.807, 2.05) is 0 Å². The van der Waals surface area contributed by atoms with Crippen LogP contribution in [-0.4, -0.2) is 17.9 Å². The third kappa shape index (κ3) is 1.87. The van der Waals surface area contributed by atoms with Crippen molar-refractivity contribution in [1.29, 1.82) is 0 Å². The monoisotopic (exact) mass is 243 g/mol. The Morgan fingerprint density at radius 2 is 1.00 bits per heavy atom. The van der Waals surface area contributed by atoms with Crippen LogP contribution in [0.3, 0.4) is 0 Å². The molecule has 0 aromatic rings. The number of carboxylic acid groups (broad SMARTS) is 3. The summed E-state index contributed by atoms with van der Waals surface area (Å²) in [4.78, 5) is 33.2. The van der Waals surface area contributed by atoms with Gasteiger partial charge in [0, 0.05) is 0 Å². The van der Waals surface area contributed by atoms with Gasteiger partial charge in [0.25, 0.3) is 0 Å². The molecule has 0 saturated heterocycles. The number of aliphatic carboxylic acids is 3. The van der Waals surface area contributed by atoms with Crippen LogP contribution in [0, 0.1) is 10.8 Å². The average Bonchev–Trinajstić information content (AvgIpc) is 2.24. The molecule has 0 fully saturated rings. The highest BCUT2D eigenvalue weighted by molar-refractivity contribution is 6.15. The molecule has 17 heavy (non-hydrogen) atoms. The topological polar surface area (TPSA) is 120 Å². The van der Waals surface area contributed by atoms with Gasteiger partial charge in [-0.15, -0.1) is 0 Å². The number of carbonyl (C=O) groups is 3. The summed E-state index contributed by atoms with van der Waals surface area (Å²) in [5.41, 5.74) is -4.60. The lowest BCUT2D eigenvalue weighted by Crippen LogP contribution is -2.69. The Balaban J connectivity index is 6.17. The molecular formula is C11H15O6-3. The van der Waals surface area contributed by atoms with Crippen LogP contribution in [0.2, 0.25) is 0 Å². The van der Waals surface area contributed by atoms with Gasteiger partial charge in [-0.05, 0) is 24.7 Å². The largest absolute Gasteiger partial charge is 0.549 e. The van der Waals surface area contributed by atoms with Crippen molar-refractivity contribution in [1.82, 2.24) is 0 Å². The fourth-order valence-electron chi connectivity index (χ4n) is 2.45. The van der Waals surface area contributed by atoms with Gasteiger partial charge in [0.1, 0.15) is 0 Å². The Labute approximate surface area is 99.3 Å². The predicted molar refractivity (Wildman–Crippen MR) is 50.8 cm³/mol. The zero-order chi connectivity index (χ0) is 13.9. The molecule has 6 nitrogen and oxygen atoms in total. The fourth-order valence-corrected chi connectivity index (χ4v) is 2.45. The average molecular weight is 243 g/mol. The number of carboxylic acids is 3. The Kier molecular flexibility index (Phi) is 4.68. The fraction of sp³-hybridized carbons (Fsp3) is 0.727. The summed E-state index contributed by atoms with van der Waals surface area (Å²) >= 11 is 0. The first-order chi connectivity index (χ1) is 7.76. The van der Waals surface area contributed by atoms with Crippen LogP contribution < -0.4 is 15.3 Å². The van der Waals surface area contributed by atoms with Gasteiger partial charge in [-0.3, -0.25) is 0 Å². The van der Waals surface area contributed by atoms with Crippen molar-refractivity contribution in [2.45, 2.75) is 40.0 Å². The van der Waals surface area contributed by atoms with Gasteiger partial charge in [0.2, 0.25) is 0 Å². The molecular weight excluding hydrogens is 228 g/mol. The van der Waals surface area contributed by atoms with Crippen molar-refractivity contribution in [2.75, 3.05) is 0 Å². The van der Waals surface area contributed by atoms with Gasteiger partial charge >= 0.3 is 0 Å². The summed E-state index contributed by atoms with van der Waals surface area (Å²) in [5.74, 6) is -6.57. The van der Waals surface area contributed by atoms with E-state index in [1.165, 1.54) is 20.8 Å². The van der Waals surface area contributed by atoms with Crippen molar-refractivity contribution in [3.05, 3.63) is 0 Å². The number of hydrogen-bond acceptors (Lipinski definition) is 6. The molecule has 0 amide bonds. The van der Waals surface area contributed by atoms with E-state index in [9.17, 15) is 29.7 Å². The molecule has 0 aliphatic carbocycles. The van der Waals surface area contributed by atoms with E-state index in [1.54, 1.807) is 0 Å². The third-order valence-electron chi connectivity index (χ3n) is 3.74. The highest BCUT2D eigenvalue weighted by atomic mass is 16.4. The van der Waals surface area contributed by atoms with Crippen LogP contribution >= 0.6 is 0 Å². The minimum Gasteiger partial charge on any atom is -0.549 e. The second-order valence-corrected chi connectivity index (χ2v) is 3.95. The van der Waals surface area contributed by atoms with Crippen LogP contribution in [0.1, 0.15) is 40.0 Å². The van der Waals surface area contributed by atoms with Crippen molar-refractivity contribution in [3.8, 4) is 0 Å². The molecule has 0 saturated carbocycles. The molecule has 0 aromatic heterocycles. The molecule has 0 N–H and O–H groups in total. The summed E-state index contributed by atoms with van der Waals surface area (Å²) in [6, 6.07) is 0. The summed E-state index contributed by atoms with van der Waals surface area (Å²) in [6.45, 7) is 4.57. The molecule has 6 heteroatoms. The van der Waals surface area contributed by atoms with Crippen molar-refractivity contribution in [3.63, 3.8) is 0 Å². The molecule has 0 atom stereocenters. The lowest BCUT2D eigenvalue weighted by atomic mass is 9.58. The first kappa shape index (κ1) is 15.4. The minimum atomic E-state index is -3.12. The van der Waals surface area contributed by atoms with E-state index in [0.29, 0.717) is 0 Å². The zero-order valence-electron chi connectivity index (χ0n) is 10.1. The van der Waals surface area contributed by atoms with E-state index in [2.05, 4.69) is 0 Å². The summed E-state index contributed by atoms with van der Waals surface area (Å²) < 4.78 is 0. The van der Waals surface area contributed by atoms with E-state index >= 15 is 0 Å². The van der Waals surface area contributed by atoms with Crippen LogP contribution in [0.25, 0.3) is 0 Å². The van der Waals surface area contributed by atoms with Crippen molar-refractivity contribution in [2.24, 2.45) is 10.8 Å². The summed E-state index contributed by atoms with van der Waals surface area (Å²) in [7, 11) is 0. The van der Waals surface area contributed by atoms with Crippen LogP contribution in [0.5, 0.6) is 0 Å². The molecule has 0 rings (SSSR count). The molecule has 0 bridgehead atoms. The number of carbonyl (C=O) groups excluding carboxylic acids is 3. The molecule has 0 aromatic carbocycles. The molecule has 98 valence electrons. The quantitative estimate of drug-likeness (QED) is 0.453. The third-order valence-corrected chi connectivity index (χ3v) is 3.74. The number of rotatable bonds is 7. The Bertz CT molecular complexity index is 285. The molecule has 0 radical (unpaired) electrons. The first-order valence-electron chi connectivity index (χ1n) is 5.41. The second kappa shape index (κ2) is 5.16. The molecule has 0 aliphatic rings. The normalized spacial score (nSPS) is 12.2. The summed E-state index contributed by atoms with van der Waals surface area (Å²) in [5, 5.41) is 33.2. The van der Waals surface area contributed by atoms with E-state index in [4.69, 9.17) is 0 Å². The van der Waals surface area contributed by atoms with Gasteiger partial charge in [-0.2, -0.15) is 0 Å². The van der Waals surface area contributed by atoms with Gasteiger partial charge in [-0.1, -0.05) is 20.8 Å². The second-order valence-electron chi connectivity index (χ2n) is 3.95. The molecule has 0 spiro atoms. The molecule has 0 heterocycles. The standard InChI is InChI=1S/C11H18O6/c1-4-10(5-2,6-3)11(7(12)13,8(14)15)9(16)17/h4-6H2,1-3H3,(H,12,13)(H,14,15)(H,16,17)/p-3. The number of hydrogen-bond donors (Lipinski definition) is 0. The van der Waals surface area contributed by atoms with Gasteiger partial charge in [-0.25, -0.2) is 0 Å². The lowest BCUT2D eigenvalue weighted by molar-refractivity contribution is -0.370. The zero-order valence-corrected chi connectivity index (χ0v) is 10.1. The minimum absolute atomic E-state index is 0.0515. The maximum absolute atomic E-state index is 11.1. The first-order valence-corrected chi connectivity index (χ1v) is 5.41. The Morgan fingerprint density at radius 3 is 1.06 bits per heavy atom. The Morgan fingerprint density at radius 1 is 0.765 bits per heavy atom. The highest BCUT2D eigenvalue weighted by Crippen LogP contribution is 2.47. The van der Waals surface area contributed by atoms with Gasteiger partial charge in [0.15, 0.2) is 0 Å². The highest BCUT2D eigenvalue weighted by Gasteiger charge is 2.52. The van der Waals surface area contributed by atoms with Gasteiger partial charge in [0.05, 0.1) is 23.3 Å². The maximum Gasteiger partial charge on any atom is 0.0943 e. The molecule has 0 unspecified atom stereocenters. The molecule has 0 aliphatic heterocycles. The smallest absolute Gasteiger partial charge is 0.0943 e. The van der Waals surface area contributed by atoms with Crippen LogP contribution in [-0.2, 0) is 14.4 Å². The van der Waals surface area contributed by atoms with Crippen LogP contribution in [0.4, 0.5) is 0 Å². The van der Waals surface area contributed by atoms with E-state index in [-0.39, 0.29) is 19.3 Å². The van der Waals surface area contributed by atoms with Crippen molar-refractivity contribution < 1.29 is 29.7 Å². The van der Waals surface area contributed by atoms with E-state index in [0.717, 1.165) is 0 Å². The van der Waals surface area contributed by atoms with Crippen LogP contribution in [0.15, 0.2) is 0 Å². The van der Waals surface area contributed by atoms with Crippen molar-refractivity contribution >= 4 is 17.9 Å². The Hall–Kier alpha value is -1.59. The SMILES string of the molecule is CCC(CC)(CC)C(C(=O)[O-])(C(=O)[O-])C(=O)[O-]. The summed E-state index contributed by atoms with van der Waals surface area (Å²) in [6.07, 6.45) is 0.155. The van der Waals surface area contributed by atoms with Gasteiger partial charge < -0.3 is 29.7 Å². The van der Waals surface area contributed by atoms with E-state index < -0.39 is 28.7 Å². The maximum atomic E-state index is 11.1.